The Bertz CT molecular complexity index is 303. The summed E-state index contributed by atoms with van der Waals surface area (Å²) in [5.41, 5.74) is -0.273. The molecule has 1 aliphatic rings. The van der Waals surface area contributed by atoms with Crippen molar-refractivity contribution in [3.05, 3.63) is 0 Å². The Balaban J connectivity index is 2.93. The standard InChI is InChI=1S/C12H24N2O4/c1-7(16)13-8-5-14(12(2,3)4)9(6-15)11(18)10(8)17/h8-11,15,17-18H,5-6H2,1-4H3,(H,13,16)/t8?,9?,10-,11+/m1/s1. The highest BCUT2D eigenvalue weighted by atomic mass is 16.3. The molecular weight excluding hydrogens is 236 g/mol. The van der Waals surface area contributed by atoms with Gasteiger partial charge in [0.1, 0.15) is 6.10 Å². The van der Waals surface area contributed by atoms with Gasteiger partial charge in [-0.1, -0.05) is 0 Å². The van der Waals surface area contributed by atoms with Crippen molar-refractivity contribution in [1.29, 1.82) is 0 Å². The lowest BCUT2D eigenvalue weighted by molar-refractivity contribution is -0.138. The predicted octanol–water partition coefficient (Wildman–Crippen LogP) is -1.31. The van der Waals surface area contributed by atoms with Crippen LogP contribution in [0.2, 0.25) is 0 Å². The number of hydrogen-bond acceptors (Lipinski definition) is 5. The molecule has 0 aliphatic carbocycles. The van der Waals surface area contributed by atoms with Gasteiger partial charge in [0.05, 0.1) is 24.8 Å². The number of carbonyl (C=O) groups is 1. The number of nitrogens with zero attached hydrogens (tertiary/aromatic N) is 1. The van der Waals surface area contributed by atoms with Crippen LogP contribution >= 0.6 is 0 Å². The van der Waals surface area contributed by atoms with Crippen LogP contribution in [0, 0.1) is 0 Å². The average Bonchev–Trinajstić information content (AvgIpc) is 2.22. The first kappa shape index (κ1) is 15.4. The van der Waals surface area contributed by atoms with Crippen LogP contribution in [0.15, 0.2) is 0 Å². The molecule has 1 amide bonds. The fourth-order valence-electron chi connectivity index (χ4n) is 2.48. The van der Waals surface area contributed by atoms with Gasteiger partial charge in [-0.05, 0) is 20.8 Å². The molecule has 4 atom stereocenters. The smallest absolute Gasteiger partial charge is 0.217 e. The highest BCUT2D eigenvalue weighted by Crippen LogP contribution is 2.26. The normalized spacial score (nSPS) is 34.4. The van der Waals surface area contributed by atoms with Gasteiger partial charge in [0.2, 0.25) is 5.91 Å². The largest absolute Gasteiger partial charge is 0.395 e. The van der Waals surface area contributed by atoms with Crippen molar-refractivity contribution >= 4 is 5.91 Å². The van der Waals surface area contributed by atoms with Crippen molar-refractivity contribution in [2.45, 2.75) is 57.5 Å². The molecule has 2 unspecified atom stereocenters. The van der Waals surface area contributed by atoms with Crippen molar-refractivity contribution in [1.82, 2.24) is 10.2 Å². The highest BCUT2D eigenvalue weighted by molar-refractivity contribution is 5.73. The zero-order valence-corrected chi connectivity index (χ0v) is 11.4. The minimum atomic E-state index is -1.08. The molecule has 6 nitrogen and oxygen atoms in total. The number of piperidine rings is 1. The monoisotopic (exact) mass is 260 g/mol. The van der Waals surface area contributed by atoms with E-state index in [1.807, 2.05) is 25.7 Å². The van der Waals surface area contributed by atoms with E-state index in [-0.39, 0.29) is 18.1 Å². The molecular formula is C12H24N2O4. The second kappa shape index (κ2) is 5.52. The van der Waals surface area contributed by atoms with E-state index < -0.39 is 24.3 Å². The summed E-state index contributed by atoms with van der Waals surface area (Å²) >= 11 is 0. The van der Waals surface area contributed by atoms with Gasteiger partial charge in [0.25, 0.3) is 0 Å². The molecule has 0 aromatic rings. The summed E-state index contributed by atoms with van der Waals surface area (Å²) in [5.74, 6) is -0.248. The van der Waals surface area contributed by atoms with Crippen molar-refractivity contribution < 1.29 is 20.1 Å². The van der Waals surface area contributed by atoms with Gasteiger partial charge in [0.15, 0.2) is 0 Å². The van der Waals surface area contributed by atoms with Crippen molar-refractivity contribution in [2.24, 2.45) is 0 Å². The number of rotatable bonds is 2. The fourth-order valence-corrected chi connectivity index (χ4v) is 2.48. The Kier molecular flexibility index (Phi) is 4.72. The third kappa shape index (κ3) is 3.20. The van der Waals surface area contributed by atoms with E-state index in [4.69, 9.17) is 0 Å². The molecule has 0 bridgehead atoms. The van der Waals surface area contributed by atoms with E-state index in [0.29, 0.717) is 6.54 Å². The molecule has 106 valence electrons. The molecule has 1 aliphatic heterocycles. The Hall–Kier alpha value is -0.690. The van der Waals surface area contributed by atoms with Crippen LogP contribution in [0.5, 0.6) is 0 Å². The van der Waals surface area contributed by atoms with Gasteiger partial charge in [0, 0.05) is 19.0 Å². The van der Waals surface area contributed by atoms with Gasteiger partial charge in [-0.2, -0.15) is 0 Å². The summed E-state index contributed by atoms with van der Waals surface area (Å²) in [5, 5.41) is 32.0. The van der Waals surface area contributed by atoms with E-state index >= 15 is 0 Å². The fraction of sp³-hybridized carbons (Fsp3) is 0.917. The summed E-state index contributed by atoms with van der Waals surface area (Å²) in [6.45, 7) is 7.42. The van der Waals surface area contributed by atoms with E-state index in [1.165, 1.54) is 6.92 Å². The molecule has 0 radical (unpaired) electrons. The van der Waals surface area contributed by atoms with Crippen LogP contribution in [0.25, 0.3) is 0 Å². The van der Waals surface area contributed by atoms with Gasteiger partial charge in [-0.25, -0.2) is 0 Å². The number of likely N-dealkylation sites (tertiary alicyclic amines) is 1. The summed E-state index contributed by atoms with van der Waals surface area (Å²) in [6.07, 6.45) is -2.15. The van der Waals surface area contributed by atoms with Crippen molar-refractivity contribution in [2.75, 3.05) is 13.2 Å². The van der Waals surface area contributed by atoms with E-state index in [1.54, 1.807) is 0 Å². The van der Waals surface area contributed by atoms with Crippen molar-refractivity contribution in [3.63, 3.8) is 0 Å². The minimum Gasteiger partial charge on any atom is -0.395 e. The van der Waals surface area contributed by atoms with Gasteiger partial charge in [-0.15, -0.1) is 0 Å². The molecule has 1 saturated heterocycles. The molecule has 0 aromatic heterocycles. The SMILES string of the molecule is CC(=O)NC1CN(C(C)(C)C)C(CO)[C@H](O)[C@@H]1O. The van der Waals surface area contributed by atoms with Gasteiger partial charge < -0.3 is 20.6 Å². The van der Waals surface area contributed by atoms with E-state index in [0.717, 1.165) is 0 Å². The Morgan fingerprint density at radius 3 is 2.28 bits per heavy atom. The zero-order valence-electron chi connectivity index (χ0n) is 11.4. The average molecular weight is 260 g/mol. The summed E-state index contributed by atoms with van der Waals surface area (Å²) < 4.78 is 0. The van der Waals surface area contributed by atoms with Gasteiger partial charge >= 0.3 is 0 Å². The third-order valence-corrected chi connectivity index (χ3v) is 3.39. The lowest BCUT2D eigenvalue weighted by Crippen LogP contribution is -2.69. The molecule has 0 saturated carbocycles. The quantitative estimate of drug-likeness (QED) is 0.494. The molecule has 1 rings (SSSR count). The van der Waals surface area contributed by atoms with Crippen LogP contribution in [0.4, 0.5) is 0 Å². The molecule has 1 heterocycles. The molecule has 18 heavy (non-hydrogen) atoms. The molecule has 6 heteroatoms. The summed E-state index contributed by atoms with van der Waals surface area (Å²) in [4.78, 5) is 13.0. The van der Waals surface area contributed by atoms with Crippen LogP contribution in [-0.2, 0) is 4.79 Å². The Labute approximate surface area is 108 Å². The maximum Gasteiger partial charge on any atom is 0.217 e. The second-order valence-corrected chi connectivity index (χ2v) is 5.86. The lowest BCUT2D eigenvalue weighted by Gasteiger charge is -2.50. The zero-order chi connectivity index (χ0) is 14.1. The number of carbonyl (C=O) groups excluding carboxylic acids is 1. The maximum atomic E-state index is 11.1. The summed E-state index contributed by atoms with van der Waals surface area (Å²) in [7, 11) is 0. The maximum absolute atomic E-state index is 11.1. The molecule has 0 spiro atoms. The van der Waals surface area contributed by atoms with E-state index in [2.05, 4.69) is 5.32 Å². The predicted molar refractivity (Wildman–Crippen MR) is 67.0 cm³/mol. The first-order chi connectivity index (χ1) is 8.18. The lowest BCUT2D eigenvalue weighted by atomic mass is 9.88. The molecule has 0 aromatic carbocycles. The minimum absolute atomic E-state index is 0.234. The first-order valence-corrected chi connectivity index (χ1v) is 6.19. The topological polar surface area (TPSA) is 93.0 Å². The number of aliphatic hydroxyl groups excluding tert-OH is 3. The number of hydrogen-bond donors (Lipinski definition) is 4. The van der Waals surface area contributed by atoms with Crippen LogP contribution in [-0.4, -0.2) is 69.1 Å². The molecule has 4 N–H and O–H groups in total. The van der Waals surface area contributed by atoms with E-state index in [9.17, 15) is 20.1 Å². The van der Waals surface area contributed by atoms with Crippen molar-refractivity contribution in [3.8, 4) is 0 Å². The Morgan fingerprint density at radius 1 is 1.33 bits per heavy atom. The van der Waals surface area contributed by atoms with Crippen LogP contribution < -0.4 is 5.32 Å². The van der Waals surface area contributed by atoms with Gasteiger partial charge in [-0.3, -0.25) is 9.69 Å². The number of amides is 1. The number of aliphatic hydroxyl groups is 3. The van der Waals surface area contributed by atoms with Crippen LogP contribution in [0.3, 0.4) is 0 Å². The van der Waals surface area contributed by atoms with Crippen LogP contribution in [0.1, 0.15) is 27.7 Å². The molecule has 1 fully saturated rings. The highest BCUT2D eigenvalue weighted by Gasteiger charge is 2.45. The summed E-state index contributed by atoms with van der Waals surface area (Å²) in [6, 6.07) is -1.05. The second-order valence-electron chi connectivity index (χ2n) is 5.86. The Morgan fingerprint density at radius 2 is 1.89 bits per heavy atom. The first-order valence-electron chi connectivity index (χ1n) is 6.19. The number of nitrogens with one attached hydrogen (secondary N) is 1. The third-order valence-electron chi connectivity index (χ3n) is 3.39.